The molecule has 98 valence electrons. The summed E-state index contributed by atoms with van der Waals surface area (Å²) < 4.78 is 4.88. The van der Waals surface area contributed by atoms with Crippen LogP contribution in [0.15, 0.2) is 30.3 Å². The number of ketones is 1. The normalized spacial score (nSPS) is 14.1. The third kappa shape index (κ3) is 3.67. The van der Waals surface area contributed by atoms with Gasteiger partial charge in [-0.1, -0.05) is 37.3 Å². The highest BCUT2D eigenvalue weighted by molar-refractivity contribution is 6.00. The highest BCUT2D eigenvalue weighted by atomic mass is 16.6. The second-order valence-electron chi connectivity index (χ2n) is 4.45. The molecule has 0 saturated carbocycles. The van der Waals surface area contributed by atoms with Gasteiger partial charge in [0.15, 0.2) is 11.9 Å². The Labute approximate surface area is 107 Å². The molecule has 0 amide bonds. The molecule has 1 rings (SSSR count). The van der Waals surface area contributed by atoms with Crippen molar-refractivity contribution in [1.29, 1.82) is 0 Å². The SMILES string of the molecule is CC(C)OC(=O)[C@@H](O)[C@H](C)C(=O)c1ccccc1. The van der Waals surface area contributed by atoms with Gasteiger partial charge in [-0.05, 0) is 13.8 Å². The smallest absolute Gasteiger partial charge is 0.335 e. The van der Waals surface area contributed by atoms with Gasteiger partial charge in [0.1, 0.15) is 0 Å². The topological polar surface area (TPSA) is 63.6 Å². The predicted molar refractivity (Wildman–Crippen MR) is 67.2 cm³/mol. The van der Waals surface area contributed by atoms with Crippen LogP contribution in [0.2, 0.25) is 0 Å². The number of hydrogen-bond donors (Lipinski definition) is 1. The van der Waals surface area contributed by atoms with E-state index in [1.54, 1.807) is 44.2 Å². The highest BCUT2D eigenvalue weighted by Crippen LogP contribution is 2.14. The molecule has 0 unspecified atom stereocenters. The van der Waals surface area contributed by atoms with Gasteiger partial charge in [0.2, 0.25) is 0 Å². The molecule has 18 heavy (non-hydrogen) atoms. The number of carbonyl (C=O) groups is 2. The number of ether oxygens (including phenoxy) is 1. The number of hydrogen-bond acceptors (Lipinski definition) is 4. The second-order valence-corrected chi connectivity index (χ2v) is 4.45. The van der Waals surface area contributed by atoms with Crippen LogP contribution in [0.3, 0.4) is 0 Å². The summed E-state index contributed by atoms with van der Waals surface area (Å²) in [5.74, 6) is -1.86. The first kappa shape index (κ1) is 14.4. The Kier molecular flexibility index (Phi) is 5.04. The molecule has 0 aliphatic carbocycles. The standard InChI is InChI=1S/C14H18O4/c1-9(2)18-14(17)13(16)10(3)12(15)11-7-5-4-6-8-11/h4-10,13,16H,1-3H3/t10-,13+/m1/s1. The van der Waals surface area contributed by atoms with E-state index in [-0.39, 0.29) is 11.9 Å². The number of carbonyl (C=O) groups excluding carboxylic acids is 2. The van der Waals surface area contributed by atoms with Crippen molar-refractivity contribution in [3.05, 3.63) is 35.9 Å². The molecule has 0 saturated heterocycles. The molecule has 0 aliphatic heterocycles. The Balaban J connectivity index is 2.72. The Bertz CT molecular complexity index is 411. The highest BCUT2D eigenvalue weighted by Gasteiger charge is 2.30. The molecule has 0 aromatic heterocycles. The minimum Gasteiger partial charge on any atom is -0.461 e. The Morgan fingerprint density at radius 3 is 2.17 bits per heavy atom. The zero-order valence-corrected chi connectivity index (χ0v) is 10.8. The van der Waals surface area contributed by atoms with E-state index in [1.165, 1.54) is 6.92 Å². The van der Waals surface area contributed by atoms with Crippen LogP contribution < -0.4 is 0 Å². The number of esters is 1. The summed E-state index contributed by atoms with van der Waals surface area (Å²) in [5.41, 5.74) is 0.474. The van der Waals surface area contributed by atoms with Crippen molar-refractivity contribution in [3.8, 4) is 0 Å². The fourth-order valence-electron chi connectivity index (χ4n) is 1.51. The molecule has 0 heterocycles. The summed E-state index contributed by atoms with van der Waals surface area (Å²) in [6.07, 6.45) is -1.74. The van der Waals surface area contributed by atoms with Crippen molar-refractivity contribution in [2.45, 2.75) is 33.0 Å². The maximum Gasteiger partial charge on any atom is 0.335 e. The summed E-state index contributed by atoms with van der Waals surface area (Å²) in [4.78, 5) is 23.5. The number of Topliss-reactive ketones (excluding diaryl/α,β-unsaturated/α-hetero) is 1. The average molecular weight is 250 g/mol. The van der Waals surface area contributed by atoms with Crippen molar-refractivity contribution >= 4 is 11.8 Å². The lowest BCUT2D eigenvalue weighted by molar-refractivity contribution is -0.159. The van der Waals surface area contributed by atoms with Crippen LogP contribution in [0.5, 0.6) is 0 Å². The van der Waals surface area contributed by atoms with Crippen molar-refractivity contribution in [3.63, 3.8) is 0 Å². The van der Waals surface area contributed by atoms with Gasteiger partial charge >= 0.3 is 5.97 Å². The molecule has 0 spiro atoms. The maximum absolute atomic E-state index is 12.0. The predicted octanol–water partition coefficient (Wildman–Crippen LogP) is 1.82. The monoisotopic (exact) mass is 250 g/mol. The second kappa shape index (κ2) is 6.31. The number of rotatable bonds is 5. The molecule has 0 bridgehead atoms. The molecule has 0 radical (unpaired) electrons. The summed E-state index contributed by atoms with van der Waals surface area (Å²) in [5, 5.41) is 9.77. The van der Waals surface area contributed by atoms with Crippen molar-refractivity contribution in [2.75, 3.05) is 0 Å². The minimum absolute atomic E-state index is 0.274. The van der Waals surface area contributed by atoms with E-state index in [1.807, 2.05) is 0 Å². The maximum atomic E-state index is 12.0. The van der Waals surface area contributed by atoms with Gasteiger partial charge in [-0.2, -0.15) is 0 Å². The summed E-state index contributed by atoms with van der Waals surface area (Å²) in [6, 6.07) is 8.57. The van der Waals surface area contributed by atoms with E-state index >= 15 is 0 Å². The van der Waals surface area contributed by atoms with Gasteiger partial charge < -0.3 is 9.84 Å². The van der Waals surface area contributed by atoms with Crippen molar-refractivity contribution in [1.82, 2.24) is 0 Å². The van der Waals surface area contributed by atoms with Crippen LogP contribution >= 0.6 is 0 Å². The number of aliphatic hydroxyl groups excluding tert-OH is 1. The van der Waals surface area contributed by atoms with Crippen LogP contribution in [-0.2, 0) is 9.53 Å². The Hall–Kier alpha value is -1.68. The first-order chi connectivity index (χ1) is 8.43. The van der Waals surface area contributed by atoms with Gasteiger partial charge in [0.25, 0.3) is 0 Å². The molecular weight excluding hydrogens is 232 g/mol. The Morgan fingerprint density at radius 1 is 1.11 bits per heavy atom. The third-order valence-electron chi connectivity index (χ3n) is 2.54. The summed E-state index contributed by atoms with van der Waals surface area (Å²) >= 11 is 0. The van der Waals surface area contributed by atoms with E-state index < -0.39 is 18.0 Å². The van der Waals surface area contributed by atoms with E-state index in [0.717, 1.165) is 0 Å². The van der Waals surface area contributed by atoms with Gasteiger partial charge in [-0.25, -0.2) is 4.79 Å². The Morgan fingerprint density at radius 2 is 1.67 bits per heavy atom. The lowest BCUT2D eigenvalue weighted by atomic mass is 9.94. The van der Waals surface area contributed by atoms with E-state index in [4.69, 9.17) is 4.74 Å². The van der Waals surface area contributed by atoms with Crippen molar-refractivity contribution < 1.29 is 19.4 Å². The molecular formula is C14H18O4. The molecule has 1 N–H and O–H groups in total. The van der Waals surface area contributed by atoms with Crippen molar-refractivity contribution in [2.24, 2.45) is 5.92 Å². The number of aliphatic hydroxyl groups is 1. The third-order valence-corrected chi connectivity index (χ3v) is 2.54. The quantitative estimate of drug-likeness (QED) is 0.639. The van der Waals surface area contributed by atoms with Gasteiger partial charge in [0.05, 0.1) is 12.0 Å². The zero-order chi connectivity index (χ0) is 13.7. The molecule has 4 heteroatoms. The number of benzene rings is 1. The largest absolute Gasteiger partial charge is 0.461 e. The molecule has 0 aliphatic rings. The molecule has 4 nitrogen and oxygen atoms in total. The molecule has 2 atom stereocenters. The molecule has 1 aromatic rings. The van der Waals surface area contributed by atoms with Gasteiger partial charge in [0, 0.05) is 5.56 Å². The van der Waals surface area contributed by atoms with Crippen LogP contribution in [0.25, 0.3) is 0 Å². The van der Waals surface area contributed by atoms with E-state index in [0.29, 0.717) is 5.56 Å². The fraction of sp³-hybridized carbons (Fsp3) is 0.429. The lowest BCUT2D eigenvalue weighted by Gasteiger charge is -2.18. The van der Waals surface area contributed by atoms with Gasteiger partial charge in [-0.3, -0.25) is 4.79 Å². The summed E-state index contributed by atoms with van der Waals surface area (Å²) in [6.45, 7) is 4.89. The fourth-order valence-corrected chi connectivity index (χ4v) is 1.51. The average Bonchev–Trinajstić information content (AvgIpc) is 2.36. The van der Waals surface area contributed by atoms with Crippen LogP contribution in [0.4, 0.5) is 0 Å². The first-order valence-electron chi connectivity index (χ1n) is 5.91. The van der Waals surface area contributed by atoms with Crippen LogP contribution in [0, 0.1) is 5.92 Å². The van der Waals surface area contributed by atoms with Gasteiger partial charge in [-0.15, -0.1) is 0 Å². The first-order valence-corrected chi connectivity index (χ1v) is 5.91. The zero-order valence-electron chi connectivity index (χ0n) is 10.8. The van der Waals surface area contributed by atoms with Crippen LogP contribution in [-0.4, -0.2) is 29.1 Å². The summed E-state index contributed by atoms with van der Waals surface area (Å²) in [7, 11) is 0. The van der Waals surface area contributed by atoms with Crippen LogP contribution in [0.1, 0.15) is 31.1 Å². The lowest BCUT2D eigenvalue weighted by Crippen LogP contribution is -2.35. The molecule has 0 fully saturated rings. The molecule has 1 aromatic carbocycles. The van der Waals surface area contributed by atoms with E-state index in [2.05, 4.69) is 0 Å². The van der Waals surface area contributed by atoms with E-state index in [9.17, 15) is 14.7 Å². The minimum atomic E-state index is -1.43.